The number of nitrogens with zero attached hydrogens (tertiary/aromatic N) is 1. The van der Waals surface area contributed by atoms with E-state index in [0.29, 0.717) is 11.3 Å². The monoisotopic (exact) mass is 280 g/mol. The maximum absolute atomic E-state index is 13.9. The molecule has 1 aliphatic heterocycles. The molecule has 3 nitrogen and oxygen atoms in total. The second kappa shape index (κ2) is 7.04. The fourth-order valence-corrected chi connectivity index (χ4v) is 2.97. The highest BCUT2D eigenvalue weighted by molar-refractivity contribution is 5.37. The van der Waals surface area contributed by atoms with E-state index >= 15 is 0 Å². The quantitative estimate of drug-likeness (QED) is 0.870. The maximum Gasteiger partial charge on any atom is 0.131 e. The zero-order valence-electron chi connectivity index (χ0n) is 12.4. The van der Waals surface area contributed by atoms with Gasteiger partial charge in [0.05, 0.1) is 7.11 Å². The second-order valence-electron chi connectivity index (χ2n) is 5.61. The summed E-state index contributed by atoms with van der Waals surface area (Å²) in [5.74, 6) is 1.09. The molecule has 1 saturated heterocycles. The van der Waals surface area contributed by atoms with Gasteiger partial charge in [-0.1, -0.05) is 19.4 Å². The topological polar surface area (TPSA) is 38.5 Å². The Kier molecular flexibility index (Phi) is 5.38. The predicted octanol–water partition coefficient (Wildman–Crippen LogP) is 2.96. The lowest BCUT2D eigenvalue weighted by Crippen LogP contribution is -2.26. The molecule has 0 spiro atoms. The molecule has 0 saturated carbocycles. The Balaban J connectivity index is 1.94. The minimum absolute atomic E-state index is 0.273. The predicted molar refractivity (Wildman–Crippen MR) is 79.3 cm³/mol. The van der Waals surface area contributed by atoms with Crippen LogP contribution < -0.4 is 10.5 Å². The van der Waals surface area contributed by atoms with Crippen molar-refractivity contribution >= 4 is 0 Å². The summed E-state index contributed by atoms with van der Waals surface area (Å²) >= 11 is 0. The lowest BCUT2D eigenvalue weighted by atomic mass is 10.0. The Morgan fingerprint density at radius 3 is 2.95 bits per heavy atom. The van der Waals surface area contributed by atoms with Crippen LogP contribution in [0.25, 0.3) is 0 Å². The van der Waals surface area contributed by atoms with Gasteiger partial charge in [-0.15, -0.1) is 0 Å². The molecule has 2 atom stereocenters. The number of ether oxygens (including phenoxy) is 1. The molecule has 1 aromatic rings. The van der Waals surface area contributed by atoms with Gasteiger partial charge in [0.2, 0.25) is 0 Å². The zero-order chi connectivity index (χ0) is 14.5. The van der Waals surface area contributed by atoms with Crippen molar-refractivity contribution in [2.75, 3.05) is 26.7 Å². The molecule has 2 rings (SSSR count). The van der Waals surface area contributed by atoms with Gasteiger partial charge in [0, 0.05) is 18.2 Å². The molecule has 0 amide bonds. The average molecular weight is 280 g/mol. The summed E-state index contributed by atoms with van der Waals surface area (Å²) in [6.07, 6.45) is 3.27. The normalized spacial score (nSPS) is 21.1. The number of benzene rings is 1. The van der Waals surface area contributed by atoms with Crippen LogP contribution in [0.2, 0.25) is 0 Å². The van der Waals surface area contributed by atoms with Crippen LogP contribution in [0.5, 0.6) is 5.75 Å². The number of hydrogen-bond acceptors (Lipinski definition) is 3. The van der Waals surface area contributed by atoms with E-state index in [2.05, 4.69) is 11.8 Å². The Labute approximate surface area is 120 Å². The Morgan fingerprint density at radius 2 is 2.30 bits per heavy atom. The van der Waals surface area contributed by atoms with E-state index in [1.165, 1.54) is 18.9 Å². The number of nitrogens with two attached hydrogens (primary N) is 1. The first-order valence-corrected chi connectivity index (χ1v) is 7.46. The van der Waals surface area contributed by atoms with Crippen molar-refractivity contribution in [2.45, 2.75) is 32.2 Å². The second-order valence-corrected chi connectivity index (χ2v) is 5.61. The number of likely N-dealkylation sites (tertiary alicyclic amines) is 1. The fourth-order valence-electron chi connectivity index (χ4n) is 2.97. The van der Waals surface area contributed by atoms with Gasteiger partial charge in [-0.2, -0.15) is 0 Å². The van der Waals surface area contributed by atoms with E-state index in [1.54, 1.807) is 19.2 Å². The lowest BCUT2D eigenvalue weighted by Gasteiger charge is -2.20. The van der Waals surface area contributed by atoms with Crippen LogP contribution in [-0.2, 0) is 0 Å². The van der Waals surface area contributed by atoms with Crippen molar-refractivity contribution in [2.24, 2.45) is 11.7 Å². The lowest BCUT2D eigenvalue weighted by molar-refractivity contribution is 0.305. The van der Waals surface area contributed by atoms with Gasteiger partial charge in [0.15, 0.2) is 0 Å². The van der Waals surface area contributed by atoms with Gasteiger partial charge in [-0.25, -0.2) is 4.39 Å². The summed E-state index contributed by atoms with van der Waals surface area (Å²) < 4.78 is 19.2. The van der Waals surface area contributed by atoms with Crippen molar-refractivity contribution in [3.8, 4) is 5.75 Å². The van der Waals surface area contributed by atoms with Gasteiger partial charge in [0.25, 0.3) is 0 Å². The van der Waals surface area contributed by atoms with Crippen LogP contribution in [0.3, 0.4) is 0 Å². The standard InChI is InChI=1S/C16H25FN2O/c1-3-12-7-9-19(11-12)10-8-14(18)16-13(17)5-4-6-15(16)20-2/h4-6,12,14H,3,7-11,18H2,1-2H3. The fraction of sp³-hybridized carbons (Fsp3) is 0.625. The van der Waals surface area contributed by atoms with Gasteiger partial charge >= 0.3 is 0 Å². The molecule has 1 aliphatic rings. The first-order valence-electron chi connectivity index (χ1n) is 7.46. The first kappa shape index (κ1) is 15.3. The molecule has 20 heavy (non-hydrogen) atoms. The van der Waals surface area contributed by atoms with Crippen LogP contribution in [-0.4, -0.2) is 31.6 Å². The third-order valence-electron chi connectivity index (χ3n) is 4.31. The Bertz CT molecular complexity index is 438. The number of halogens is 1. The molecular weight excluding hydrogens is 255 g/mol. The molecule has 0 bridgehead atoms. The molecule has 0 aliphatic carbocycles. The highest BCUT2D eigenvalue weighted by atomic mass is 19.1. The molecule has 2 unspecified atom stereocenters. The molecule has 1 aromatic carbocycles. The highest BCUT2D eigenvalue weighted by Crippen LogP contribution is 2.29. The summed E-state index contributed by atoms with van der Waals surface area (Å²) in [6, 6.07) is 4.55. The van der Waals surface area contributed by atoms with Crippen LogP contribution in [0, 0.1) is 11.7 Å². The van der Waals surface area contributed by atoms with Gasteiger partial charge in [-0.05, 0) is 44.0 Å². The van der Waals surface area contributed by atoms with Crippen molar-refractivity contribution < 1.29 is 9.13 Å². The van der Waals surface area contributed by atoms with Crippen LogP contribution in [0.1, 0.15) is 37.8 Å². The Hall–Kier alpha value is -1.13. The molecule has 112 valence electrons. The van der Waals surface area contributed by atoms with Crippen molar-refractivity contribution in [3.05, 3.63) is 29.6 Å². The molecule has 0 radical (unpaired) electrons. The summed E-state index contributed by atoms with van der Waals surface area (Å²) in [6.45, 7) is 5.45. The van der Waals surface area contributed by atoms with E-state index in [4.69, 9.17) is 10.5 Å². The van der Waals surface area contributed by atoms with E-state index in [1.807, 2.05) is 0 Å². The van der Waals surface area contributed by atoms with Crippen LogP contribution in [0.15, 0.2) is 18.2 Å². The van der Waals surface area contributed by atoms with Crippen molar-refractivity contribution in [3.63, 3.8) is 0 Å². The largest absolute Gasteiger partial charge is 0.496 e. The number of methoxy groups -OCH3 is 1. The Morgan fingerprint density at radius 1 is 1.50 bits per heavy atom. The SMILES string of the molecule is CCC1CCN(CCC(N)c2c(F)cccc2OC)C1. The molecule has 1 fully saturated rings. The molecule has 0 aromatic heterocycles. The van der Waals surface area contributed by atoms with Crippen LogP contribution in [0.4, 0.5) is 4.39 Å². The molecule has 2 N–H and O–H groups in total. The summed E-state index contributed by atoms with van der Waals surface area (Å²) in [7, 11) is 1.55. The number of hydrogen-bond donors (Lipinski definition) is 1. The van der Waals surface area contributed by atoms with E-state index in [0.717, 1.165) is 32.0 Å². The van der Waals surface area contributed by atoms with Crippen LogP contribution >= 0.6 is 0 Å². The van der Waals surface area contributed by atoms with E-state index in [9.17, 15) is 4.39 Å². The van der Waals surface area contributed by atoms with Gasteiger partial charge < -0.3 is 15.4 Å². The van der Waals surface area contributed by atoms with Crippen molar-refractivity contribution in [1.29, 1.82) is 0 Å². The maximum atomic E-state index is 13.9. The summed E-state index contributed by atoms with van der Waals surface area (Å²) in [5, 5.41) is 0. The number of rotatable bonds is 6. The third-order valence-corrected chi connectivity index (χ3v) is 4.31. The molecular formula is C16H25FN2O. The minimum Gasteiger partial charge on any atom is -0.496 e. The zero-order valence-corrected chi connectivity index (χ0v) is 12.4. The smallest absolute Gasteiger partial charge is 0.131 e. The van der Waals surface area contributed by atoms with E-state index in [-0.39, 0.29) is 11.9 Å². The molecule has 1 heterocycles. The van der Waals surface area contributed by atoms with E-state index < -0.39 is 0 Å². The van der Waals surface area contributed by atoms with Gasteiger partial charge in [0.1, 0.15) is 11.6 Å². The van der Waals surface area contributed by atoms with Crippen molar-refractivity contribution in [1.82, 2.24) is 4.90 Å². The minimum atomic E-state index is -0.313. The first-order chi connectivity index (χ1) is 9.65. The summed E-state index contributed by atoms with van der Waals surface area (Å²) in [4.78, 5) is 2.43. The summed E-state index contributed by atoms with van der Waals surface area (Å²) in [5.41, 5.74) is 6.67. The third kappa shape index (κ3) is 3.49. The van der Waals surface area contributed by atoms with Gasteiger partial charge in [-0.3, -0.25) is 0 Å². The highest BCUT2D eigenvalue weighted by Gasteiger charge is 2.22. The average Bonchev–Trinajstić information content (AvgIpc) is 2.92. The molecule has 4 heteroatoms.